The third kappa shape index (κ3) is 6.45. The molecule has 2 rings (SSSR count). The van der Waals surface area contributed by atoms with E-state index in [0.717, 1.165) is 22.3 Å². The molecule has 0 fully saturated rings. The molecule has 0 saturated carbocycles. The fraction of sp³-hybridized carbons (Fsp3) is 0.440. The number of aryl methyl sites for hydroxylation is 3. The molecular weight excluding hydrogens is 360 g/mol. The van der Waals surface area contributed by atoms with E-state index in [1.54, 1.807) is 4.90 Å². The van der Waals surface area contributed by atoms with Gasteiger partial charge in [-0.1, -0.05) is 60.5 Å². The second kappa shape index (κ2) is 10.2. The molecule has 4 nitrogen and oxygen atoms in total. The fourth-order valence-corrected chi connectivity index (χ4v) is 3.45. The van der Waals surface area contributed by atoms with Crippen LogP contribution in [0.25, 0.3) is 0 Å². The van der Waals surface area contributed by atoms with Gasteiger partial charge < -0.3 is 10.2 Å². The number of hydrogen-bond acceptors (Lipinski definition) is 2. The maximum atomic E-state index is 13.4. The summed E-state index contributed by atoms with van der Waals surface area (Å²) in [7, 11) is 0. The van der Waals surface area contributed by atoms with Crippen molar-refractivity contribution in [3.63, 3.8) is 0 Å². The van der Waals surface area contributed by atoms with E-state index >= 15 is 0 Å². The van der Waals surface area contributed by atoms with Crippen molar-refractivity contribution in [1.29, 1.82) is 0 Å². The maximum Gasteiger partial charge on any atom is 0.243 e. The summed E-state index contributed by atoms with van der Waals surface area (Å²) in [5, 5.41) is 2.98. The number of carbonyl (C=O) groups is 2. The number of carbonyl (C=O) groups excluding carboxylic acids is 2. The van der Waals surface area contributed by atoms with Gasteiger partial charge in [0, 0.05) is 12.6 Å². The average Bonchev–Trinajstić information content (AvgIpc) is 2.65. The molecule has 0 aliphatic carbocycles. The van der Waals surface area contributed by atoms with E-state index in [1.807, 2.05) is 71.9 Å². The lowest BCUT2D eigenvalue weighted by Gasteiger charge is -2.31. The number of hydrogen-bond donors (Lipinski definition) is 1. The highest BCUT2D eigenvalue weighted by Gasteiger charge is 2.29. The fourth-order valence-electron chi connectivity index (χ4n) is 3.45. The monoisotopic (exact) mass is 394 g/mol. The highest BCUT2D eigenvalue weighted by molar-refractivity contribution is 5.88. The van der Waals surface area contributed by atoms with E-state index in [-0.39, 0.29) is 17.9 Å². The molecule has 0 aliphatic heterocycles. The van der Waals surface area contributed by atoms with Crippen LogP contribution in [0.15, 0.2) is 42.5 Å². The second-order valence-corrected chi connectivity index (χ2v) is 8.20. The molecule has 4 heteroatoms. The molecule has 156 valence electrons. The summed E-state index contributed by atoms with van der Waals surface area (Å²) in [6, 6.07) is 13.8. The van der Waals surface area contributed by atoms with E-state index < -0.39 is 6.04 Å². The molecule has 0 radical (unpaired) electrons. The molecule has 0 aliphatic rings. The van der Waals surface area contributed by atoms with Crippen LogP contribution in [0.2, 0.25) is 0 Å². The number of amides is 2. The van der Waals surface area contributed by atoms with Crippen LogP contribution in [0, 0.1) is 20.8 Å². The van der Waals surface area contributed by atoms with Crippen molar-refractivity contribution in [1.82, 2.24) is 10.2 Å². The maximum absolute atomic E-state index is 13.4. The predicted molar refractivity (Wildman–Crippen MR) is 119 cm³/mol. The van der Waals surface area contributed by atoms with E-state index in [0.29, 0.717) is 19.4 Å². The minimum atomic E-state index is -0.490. The first kappa shape index (κ1) is 22.7. The Morgan fingerprint density at radius 2 is 1.59 bits per heavy atom. The van der Waals surface area contributed by atoms with E-state index in [9.17, 15) is 9.59 Å². The topological polar surface area (TPSA) is 49.4 Å². The van der Waals surface area contributed by atoms with E-state index in [4.69, 9.17) is 0 Å². The smallest absolute Gasteiger partial charge is 0.243 e. The van der Waals surface area contributed by atoms with Crippen molar-refractivity contribution in [2.75, 3.05) is 0 Å². The average molecular weight is 395 g/mol. The van der Waals surface area contributed by atoms with Crippen LogP contribution in [-0.2, 0) is 22.6 Å². The van der Waals surface area contributed by atoms with Gasteiger partial charge in [0.1, 0.15) is 6.04 Å². The van der Waals surface area contributed by atoms with Crippen molar-refractivity contribution >= 4 is 11.8 Å². The zero-order valence-electron chi connectivity index (χ0n) is 18.6. The Bertz CT molecular complexity index is 840. The van der Waals surface area contributed by atoms with Crippen LogP contribution in [0.5, 0.6) is 0 Å². The summed E-state index contributed by atoms with van der Waals surface area (Å²) in [5.41, 5.74) is 5.45. The van der Waals surface area contributed by atoms with Crippen LogP contribution >= 0.6 is 0 Å². The highest BCUT2D eigenvalue weighted by Crippen LogP contribution is 2.18. The molecule has 29 heavy (non-hydrogen) atoms. The van der Waals surface area contributed by atoms with Gasteiger partial charge in [-0.05, 0) is 57.7 Å². The van der Waals surface area contributed by atoms with Crippen molar-refractivity contribution < 1.29 is 9.59 Å². The van der Waals surface area contributed by atoms with Gasteiger partial charge in [0.25, 0.3) is 0 Å². The molecule has 0 spiro atoms. The third-order valence-corrected chi connectivity index (χ3v) is 5.14. The Labute approximate surface area is 175 Å². The first-order valence-corrected chi connectivity index (χ1v) is 10.4. The summed E-state index contributed by atoms with van der Waals surface area (Å²) < 4.78 is 0. The molecule has 1 unspecified atom stereocenters. The predicted octanol–water partition coefficient (Wildman–Crippen LogP) is 4.49. The van der Waals surface area contributed by atoms with Crippen molar-refractivity contribution in [3.8, 4) is 0 Å². The molecule has 1 N–H and O–H groups in total. The summed E-state index contributed by atoms with van der Waals surface area (Å²) in [5.74, 6) is -0.117. The quantitative estimate of drug-likeness (QED) is 0.717. The van der Waals surface area contributed by atoms with Crippen molar-refractivity contribution in [2.45, 2.75) is 73.0 Å². The Morgan fingerprint density at radius 1 is 0.966 bits per heavy atom. The van der Waals surface area contributed by atoms with Gasteiger partial charge in [-0.3, -0.25) is 9.59 Å². The number of nitrogens with one attached hydrogen (secondary N) is 1. The third-order valence-electron chi connectivity index (χ3n) is 5.14. The van der Waals surface area contributed by atoms with Crippen LogP contribution < -0.4 is 5.32 Å². The first-order valence-electron chi connectivity index (χ1n) is 10.4. The number of rotatable bonds is 8. The summed E-state index contributed by atoms with van der Waals surface area (Å²) >= 11 is 0. The highest BCUT2D eigenvalue weighted by atomic mass is 16.2. The first-order chi connectivity index (χ1) is 13.7. The van der Waals surface area contributed by atoms with Gasteiger partial charge in [0.15, 0.2) is 0 Å². The van der Waals surface area contributed by atoms with Gasteiger partial charge in [-0.2, -0.15) is 0 Å². The number of nitrogens with zero attached hydrogens (tertiary/aromatic N) is 1. The lowest BCUT2D eigenvalue weighted by molar-refractivity contribution is -0.141. The molecule has 2 amide bonds. The number of benzene rings is 2. The standard InChI is InChI=1S/C25H34N2O2/c1-7-23(25(29)26-17(2)3)27(16-21-12-9-18(4)10-13-21)24(28)15-22-14-19(5)8-11-20(22)6/h8-14,17,23H,7,15-16H2,1-6H3,(H,26,29). The molecule has 0 aromatic heterocycles. The molecule has 1 atom stereocenters. The van der Waals surface area contributed by atoms with Crippen molar-refractivity contribution in [2.24, 2.45) is 0 Å². The Morgan fingerprint density at radius 3 is 2.17 bits per heavy atom. The summed E-state index contributed by atoms with van der Waals surface area (Å²) in [6.45, 7) is 12.3. The van der Waals surface area contributed by atoms with Gasteiger partial charge in [0.2, 0.25) is 11.8 Å². The molecule has 2 aromatic carbocycles. The Kier molecular flexibility index (Phi) is 8.00. The van der Waals surface area contributed by atoms with Crippen LogP contribution in [0.3, 0.4) is 0 Å². The molecule has 0 saturated heterocycles. The van der Waals surface area contributed by atoms with Gasteiger partial charge in [0.05, 0.1) is 6.42 Å². The lowest BCUT2D eigenvalue weighted by Crippen LogP contribution is -2.50. The second-order valence-electron chi connectivity index (χ2n) is 8.20. The van der Waals surface area contributed by atoms with Crippen LogP contribution in [0.1, 0.15) is 55.0 Å². The summed E-state index contributed by atoms with van der Waals surface area (Å²) in [4.78, 5) is 28.0. The minimum absolute atomic E-state index is 0.0231. The van der Waals surface area contributed by atoms with E-state index in [2.05, 4.69) is 17.4 Å². The van der Waals surface area contributed by atoms with Crippen LogP contribution in [0.4, 0.5) is 0 Å². The van der Waals surface area contributed by atoms with Crippen LogP contribution in [-0.4, -0.2) is 28.8 Å². The Balaban J connectivity index is 2.33. The minimum Gasteiger partial charge on any atom is -0.352 e. The zero-order chi connectivity index (χ0) is 21.6. The lowest BCUT2D eigenvalue weighted by atomic mass is 10.0. The van der Waals surface area contributed by atoms with Gasteiger partial charge in [-0.15, -0.1) is 0 Å². The Hall–Kier alpha value is -2.62. The van der Waals surface area contributed by atoms with Gasteiger partial charge in [-0.25, -0.2) is 0 Å². The molecular formula is C25H34N2O2. The molecule has 0 heterocycles. The largest absolute Gasteiger partial charge is 0.352 e. The van der Waals surface area contributed by atoms with Crippen molar-refractivity contribution in [3.05, 3.63) is 70.3 Å². The SMILES string of the molecule is CCC(C(=O)NC(C)C)N(Cc1ccc(C)cc1)C(=O)Cc1cc(C)ccc1C. The summed E-state index contributed by atoms with van der Waals surface area (Å²) in [6.07, 6.45) is 0.869. The molecule has 2 aromatic rings. The van der Waals surface area contributed by atoms with E-state index in [1.165, 1.54) is 5.56 Å². The normalized spacial score (nSPS) is 12.0. The zero-order valence-corrected chi connectivity index (χ0v) is 18.6. The molecule has 0 bridgehead atoms. The van der Waals surface area contributed by atoms with Gasteiger partial charge >= 0.3 is 0 Å².